The van der Waals surface area contributed by atoms with Crippen LogP contribution in [-0.2, 0) is 14.7 Å². The predicted octanol–water partition coefficient (Wildman–Crippen LogP) is 1.64. The van der Waals surface area contributed by atoms with Crippen LogP contribution in [0.25, 0.3) is 0 Å². The first-order valence-electron chi connectivity index (χ1n) is 5.58. The summed E-state index contributed by atoms with van der Waals surface area (Å²) in [6, 6.07) is 2.61. The van der Waals surface area contributed by atoms with Gasteiger partial charge in [0, 0.05) is 18.2 Å². The van der Waals surface area contributed by atoms with Crippen LogP contribution >= 0.6 is 12.4 Å². The Labute approximate surface area is 122 Å². The van der Waals surface area contributed by atoms with Crippen molar-refractivity contribution in [3.8, 4) is 0 Å². The molecular weight excluding hydrogens is 306 g/mol. The van der Waals surface area contributed by atoms with Gasteiger partial charge in [-0.3, -0.25) is 0 Å². The minimum Gasteiger partial charge on any atom is -0.478 e. The van der Waals surface area contributed by atoms with E-state index in [4.69, 9.17) is 9.94 Å². The Morgan fingerprint density at radius 3 is 2.50 bits per heavy atom. The highest BCUT2D eigenvalue weighted by Gasteiger charge is 2.25. The Morgan fingerprint density at radius 2 is 2.05 bits per heavy atom. The SMILES string of the molecule is Cc1c(C(=O)O)ccc(S(C)(=O)=O)c1C1=NOCC1.Cl. The van der Waals surface area contributed by atoms with Crippen LogP contribution < -0.4 is 0 Å². The lowest BCUT2D eigenvalue weighted by atomic mass is 9.97. The normalized spacial score (nSPS) is 14.2. The summed E-state index contributed by atoms with van der Waals surface area (Å²) in [4.78, 5) is 16.1. The summed E-state index contributed by atoms with van der Waals surface area (Å²) >= 11 is 0. The molecule has 1 aliphatic heterocycles. The van der Waals surface area contributed by atoms with Gasteiger partial charge in [-0.25, -0.2) is 13.2 Å². The van der Waals surface area contributed by atoms with Crippen LogP contribution in [0.2, 0.25) is 0 Å². The number of hydrogen-bond donors (Lipinski definition) is 1. The third-order valence-electron chi connectivity index (χ3n) is 2.95. The maximum Gasteiger partial charge on any atom is 0.335 e. The highest BCUT2D eigenvalue weighted by atomic mass is 35.5. The molecule has 0 bridgehead atoms. The Balaban J connectivity index is 0.00000200. The first kappa shape index (κ1) is 16.5. The summed E-state index contributed by atoms with van der Waals surface area (Å²) < 4.78 is 23.6. The van der Waals surface area contributed by atoms with Crippen molar-refractivity contribution in [2.24, 2.45) is 5.16 Å². The van der Waals surface area contributed by atoms with Crippen LogP contribution in [0.15, 0.2) is 22.2 Å². The van der Waals surface area contributed by atoms with Crippen molar-refractivity contribution >= 4 is 33.9 Å². The molecule has 1 aromatic rings. The smallest absolute Gasteiger partial charge is 0.335 e. The van der Waals surface area contributed by atoms with Gasteiger partial charge in [-0.2, -0.15) is 0 Å². The summed E-state index contributed by atoms with van der Waals surface area (Å²) in [5.74, 6) is -1.10. The zero-order chi connectivity index (χ0) is 14.2. The van der Waals surface area contributed by atoms with Gasteiger partial charge < -0.3 is 9.94 Å². The predicted molar refractivity (Wildman–Crippen MR) is 75.6 cm³/mol. The first-order chi connectivity index (χ1) is 8.82. The zero-order valence-electron chi connectivity index (χ0n) is 10.9. The summed E-state index contributed by atoms with van der Waals surface area (Å²) in [6.07, 6.45) is 1.55. The monoisotopic (exact) mass is 319 g/mol. The lowest BCUT2D eigenvalue weighted by Gasteiger charge is -2.12. The number of carbonyl (C=O) groups is 1. The van der Waals surface area contributed by atoms with Crippen LogP contribution in [0.1, 0.15) is 27.9 Å². The molecule has 1 aliphatic rings. The molecule has 6 nitrogen and oxygen atoms in total. The van der Waals surface area contributed by atoms with E-state index in [2.05, 4.69) is 5.16 Å². The summed E-state index contributed by atoms with van der Waals surface area (Å²) in [7, 11) is -3.47. The number of hydrogen-bond acceptors (Lipinski definition) is 5. The molecule has 110 valence electrons. The van der Waals surface area contributed by atoms with Crippen LogP contribution in [0, 0.1) is 6.92 Å². The maximum absolute atomic E-state index is 11.8. The van der Waals surface area contributed by atoms with Crippen molar-refractivity contribution in [3.05, 3.63) is 28.8 Å². The van der Waals surface area contributed by atoms with E-state index in [0.717, 1.165) is 6.26 Å². The van der Waals surface area contributed by atoms with E-state index in [-0.39, 0.29) is 22.9 Å². The van der Waals surface area contributed by atoms with Crippen LogP contribution in [0.5, 0.6) is 0 Å². The first-order valence-corrected chi connectivity index (χ1v) is 7.47. The van der Waals surface area contributed by atoms with Gasteiger partial charge in [0.15, 0.2) is 9.84 Å². The summed E-state index contributed by atoms with van der Waals surface area (Å²) in [6.45, 7) is 1.95. The number of rotatable bonds is 3. The highest BCUT2D eigenvalue weighted by Crippen LogP contribution is 2.26. The summed E-state index contributed by atoms with van der Waals surface area (Å²) in [5.41, 5.74) is 1.28. The Morgan fingerprint density at radius 1 is 1.40 bits per heavy atom. The number of halogens is 1. The lowest BCUT2D eigenvalue weighted by Crippen LogP contribution is -2.13. The highest BCUT2D eigenvalue weighted by molar-refractivity contribution is 7.90. The molecule has 0 fully saturated rings. The van der Waals surface area contributed by atoms with E-state index in [1.165, 1.54) is 12.1 Å². The third kappa shape index (κ3) is 2.94. The molecule has 0 saturated carbocycles. The number of benzene rings is 1. The van der Waals surface area contributed by atoms with Crippen LogP contribution in [-0.4, -0.2) is 38.1 Å². The van der Waals surface area contributed by atoms with Crippen LogP contribution in [0.3, 0.4) is 0 Å². The van der Waals surface area contributed by atoms with E-state index in [0.29, 0.717) is 29.9 Å². The number of aromatic carboxylic acids is 1. The van der Waals surface area contributed by atoms with Crippen molar-refractivity contribution in [1.29, 1.82) is 0 Å². The number of carboxylic acid groups (broad SMARTS) is 1. The molecular formula is C12H14ClNO5S. The van der Waals surface area contributed by atoms with E-state index < -0.39 is 15.8 Å². The maximum atomic E-state index is 11.8. The number of nitrogens with zero attached hydrogens (tertiary/aromatic N) is 1. The summed E-state index contributed by atoms with van der Waals surface area (Å²) in [5, 5.41) is 12.9. The Hall–Kier alpha value is -1.60. The second-order valence-electron chi connectivity index (χ2n) is 4.31. The molecule has 20 heavy (non-hydrogen) atoms. The minimum absolute atomic E-state index is 0. The minimum atomic E-state index is -3.47. The van der Waals surface area contributed by atoms with Gasteiger partial charge in [0.1, 0.15) is 6.61 Å². The van der Waals surface area contributed by atoms with Gasteiger partial charge in [-0.05, 0) is 24.6 Å². The average Bonchev–Trinajstić information content (AvgIpc) is 2.79. The van der Waals surface area contributed by atoms with E-state index in [1.54, 1.807) is 6.92 Å². The average molecular weight is 320 g/mol. The molecule has 0 aliphatic carbocycles. The lowest BCUT2D eigenvalue weighted by molar-refractivity contribution is 0.0696. The second kappa shape index (κ2) is 5.80. The molecule has 1 heterocycles. The Bertz CT molecular complexity index is 681. The fourth-order valence-corrected chi connectivity index (χ4v) is 3.03. The largest absolute Gasteiger partial charge is 0.478 e. The van der Waals surface area contributed by atoms with Gasteiger partial charge in [-0.1, -0.05) is 5.16 Å². The van der Waals surface area contributed by atoms with Crippen molar-refractivity contribution in [2.75, 3.05) is 12.9 Å². The quantitative estimate of drug-likeness (QED) is 0.914. The number of carboxylic acids is 1. The van der Waals surface area contributed by atoms with Crippen LogP contribution in [0.4, 0.5) is 0 Å². The molecule has 0 spiro atoms. The topological polar surface area (TPSA) is 93.0 Å². The third-order valence-corrected chi connectivity index (χ3v) is 4.09. The zero-order valence-corrected chi connectivity index (χ0v) is 12.5. The molecule has 0 aromatic heterocycles. The molecule has 0 atom stereocenters. The van der Waals surface area contributed by atoms with Crippen molar-refractivity contribution in [1.82, 2.24) is 0 Å². The van der Waals surface area contributed by atoms with Crippen molar-refractivity contribution in [2.45, 2.75) is 18.2 Å². The fraction of sp³-hybridized carbons (Fsp3) is 0.333. The molecule has 1 aromatic carbocycles. The van der Waals surface area contributed by atoms with Crippen molar-refractivity contribution in [3.63, 3.8) is 0 Å². The van der Waals surface area contributed by atoms with E-state index in [9.17, 15) is 13.2 Å². The van der Waals surface area contributed by atoms with Gasteiger partial charge in [-0.15, -0.1) is 12.4 Å². The number of sulfone groups is 1. The standard InChI is InChI=1S/C12H13NO5S.ClH/c1-7-8(12(14)15)3-4-10(19(2,16)17)11(7)9-5-6-18-13-9;/h3-4H,5-6H2,1-2H3,(H,14,15);1H. The van der Waals surface area contributed by atoms with Gasteiger partial charge in [0.2, 0.25) is 0 Å². The van der Waals surface area contributed by atoms with Crippen molar-refractivity contribution < 1.29 is 23.2 Å². The molecule has 0 amide bonds. The van der Waals surface area contributed by atoms with E-state index >= 15 is 0 Å². The molecule has 0 saturated heterocycles. The molecule has 1 N–H and O–H groups in total. The molecule has 8 heteroatoms. The van der Waals surface area contributed by atoms with E-state index in [1.807, 2.05) is 0 Å². The molecule has 2 rings (SSSR count). The number of oxime groups is 1. The Kier molecular flexibility index (Phi) is 4.77. The second-order valence-corrected chi connectivity index (χ2v) is 6.29. The van der Waals surface area contributed by atoms with Gasteiger partial charge in [0.25, 0.3) is 0 Å². The molecule has 0 radical (unpaired) electrons. The van der Waals surface area contributed by atoms with Gasteiger partial charge >= 0.3 is 5.97 Å². The fourth-order valence-electron chi connectivity index (χ4n) is 2.07. The van der Waals surface area contributed by atoms with Gasteiger partial charge in [0.05, 0.1) is 16.2 Å². The molecule has 0 unspecified atom stereocenters.